The number of benzene rings is 1. The molecule has 19 nitrogen and oxygen atoms in total. The van der Waals surface area contributed by atoms with Crippen LogP contribution in [0.25, 0.3) is 0 Å². The van der Waals surface area contributed by atoms with Gasteiger partial charge in [0.05, 0.1) is 29.3 Å². The largest absolute Gasteiger partial charge is 0.514 e. The minimum absolute atomic E-state index is 0.0233. The number of nitrogens with zero attached hydrogens (tertiary/aromatic N) is 2. The molecule has 79 heavy (non-hydrogen) atoms. The molecule has 0 spiro atoms. The number of ether oxygens (including phenoxy) is 9. The molecule has 0 radical (unpaired) electrons. The zero-order valence-electron chi connectivity index (χ0n) is 48.5. The van der Waals surface area contributed by atoms with Crippen LogP contribution in [0.15, 0.2) is 71.9 Å². The molecule has 5 rings (SSSR count). The molecule has 1 amide bonds. The highest BCUT2D eigenvalue weighted by molar-refractivity contribution is 6.39. The van der Waals surface area contributed by atoms with Crippen molar-refractivity contribution in [3.63, 3.8) is 0 Å². The molecule has 3 aliphatic heterocycles. The van der Waals surface area contributed by atoms with Crippen LogP contribution in [-0.2, 0) is 57.1 Å². The number of nitro groups is 1. The maximum Gasteiger partial charge on any atom is 0.514 e. The van der Waals surface area contributed by atoms with Gasteiger partial charge in [0.15, 0.2) is 5.78 Å². The molecule has 1 aliphatic carbocycles. The Hall–Kier alpha value is -5.15. The number of piperidine rings is 1. The molecule has 1 saturated carbocycles. The first-order valence-electron chi connectivity index (χ1n) is 28.1. The van der Waals surface area contributed by atoms with E-state index in [-0.39, 0.29) is 66.2 Å². The van der Waals surface area contributed by atoms with Crippen molar-refractivity contribution in [2.45, 2.75) is 186 Å². The van der Waals surface area contributed by atoms with E-state index in [4.69, 9.17) is 42.6 Å². The predicted molar refractivity (Wildman–Crippen MR) is 294 cm³/mol. The fraction of sp³-hybridized carbons (Fsp3) is 0.683. The molecular weight excluding hydrogens is 1020 g/mol. The molecule has 0 unspecified atom stereocenters. The molecular formula is C60H88N2O17. The number of Topliss-reactive ketones (excluding diaryl/α,β-unsaturated/α-hetero) is 2. The van der Waals surface area contributed by atoms with E-state index in [0.29, 0.717) is 64.2 Å². The molecule has 1 N–H and O–H groups in total. The van der Waals surface area contributed by atoms with Crippen LogP contribution in [0.3, 0.4) is 0 Å². The molecule has 1 aromatic carbocycles. The van der Waals surface area contributed by atoms with Crippen molar-refractivity contribution >= 4 is 35.3 Å². The van der Waals surface area contributed by atoms with E-state index in [1.54, 1.807) is 28.3 Å². The second-order valence-corrected chi connectivity index (χ2v) is 22.4. The minimum atomic E-state index is -2.44. The minimum Gasteiger partial charge on any atom is -0.460 e. The van der Waals surface area contributed by atoms with Gasteiger partial charge >= 0.3 is 12.1 Å². The molecule has 3 fully saturated rings. The Balaban J connectivity index is 1.45. The number of hydrogen-bond donors (Lipinski definition) is 1. The molecule has 2 saturated heterocycles. The van der Waals surface area contributed by atoms with Crippen molar-refractivity contribution in [2.24, 2.45) is 35.5 Å². The Labute approximate surface area is 466 Å². The summed E-state index contributed by atoms with van der Waals surface area (Å²) in [4.78, 5) is 82.6. The lowest BCUT2D eigenvalue weighted by Gasteiger charge is -2.43. The molecule has 3 heterocycles. The number of ketones is 2. The van der Waals surface area contributed by atoms with Crippen molar-refractivity contribution in [2.75, 3.05) is 42.1 Å². The molecule has 0 aromatic heterocycles. The van der Waals surface area contributed by atoms with E-state index in [0.717, 1.165) is 11.1 Å². The maximum absolute atomic E-state index is 14.8. The summed E-state index contributed by atoms with van der Waals surface area (Å²) in [6, 6.07) is 3.95. The quantitative estimate of drug-likeness (QED) is 0.0542. The first kappa shape index (κ1) is 64.7. The lowest BCUT2D eigenvalue weighted by molar-refractivity contribution is -0.384. The Kier molecular flexibility index (Phi) is 25.1. The summed E-state index contributed by atoms with van der Waals surface area (Å²) in [5, 5.41) is 23.2. The number of esters is 1. The number of amides is 1. The fourth-order valence-electron chi connectivity index (χ4n) is 11.9. The number of methoxy groups -OCH3 is 5. The van der Waals surface area contributed by atoms with Crippen LogP contribution in [0.1, 0.15) is 126 Å². The van der Waals surface area contributed by atoms with Crippen LogP contribution in [0.4, 0.5) is 10.5 Å². The van der Waals surface area contributed by atoms with E-state index in [1.165, 1.54) is 43.4 Å². The van der Waals surface area contributed by atoms with Crippen LogP contribution >= 0.6 is 0 Å². The van der Waals surface area contributed by atoms with Crippen LogP contribution < -0.4 is 4.74 Å². The van der Waals surface area contributed by atoms with Gasteiger partial charge in [-0.15, -0.1) is 0 Å². The van der Waals surface area contributed by atoms with Gasteiger partial charge in [0, 0.05) is 84.8 Å². The average Bonchev–Trinajstić information content (AvgIpc) is 3.47. The molecule has 440 valence electrons. The predicted octanol–water partition coefficient (Wildman–Crippen LogP) is 9.41. The summed E-state index contributed by atoms with van der Waals surface area (Å²) < 4.78 is 53.6. The summed E-state index contributed by atoms with van der Waals surface area (Å²) >= 11 is 0. The number of nitro benzene ring substituents is 1. The first-order valence-corrected chi connectivity index (χ1v) is 28.1. The number of non-ortho nitro benzene ring substituents is 1. The second kappa shape index (κ2) is 30.6. The maximum atomic E-state index is 14.8. The number of fused-ring (bicyclic) bond motifs is 3. The van der Waals surface area contributed by atoms with E-state index in [2.05, 4.69) is 6.92 Å². The summed E-state index contributed by atoms with van der Waals surface area (Å²) in [6.45, 7) is 13.5. The van der Waals surface area contributed by atoms with Gasteiger partial charge in [-0.2, -0.15) is 0 Å². The van der Waals surface area contributed by atoms with Gasteiger partial charge in [-0.1, -0.05) is 71.1 Å². The number of hydrogen-bond acceptors (Lipinski definition) is 17. The summed E-state index contributed by atoms with van der Waals surface area (Å²) in [7, 11) is 7.75. The summed E-state index contributed by atoms with van der Waals surface area (Å²) in [5.41, 5.74) is 1.48. The molecule has 1 aromatic rings. The number of allylic oxidation sites excluding steroid dienone is 5. The zero-order valence-corrected chi connectivity index (χ0v) is 48.5. The van der Waals surface area contributed by atoms with E-state index >= 15 is 0 Å². The third-order valence-corrected chi connectivity index (χ3v) is 16.6. The van der Waals surface area contributed by atoms with E-state index in [9.17, 15) is 39.2 Å². The lowest BCUT2D eigenvalue weighted by atomic mass is 9.78. The summed E-state index contributed by atoms with van der Waals surface area (Å²) in [5.74, 6) is -6.89. The highest BCUT2D eigenvalue weighted by atomic mass is 16.7. The Morgan fingerprint density at radius 3 is 2.14 bits per heavy atom. The van der Waals surface area contributed by atoms with Gasteiger partial charge in [-0.05, 0) is 119 Å². The second-order valence-electron chi connectivity index (χ2n) is 22.4. The van der Waals surface area contributed by atoms with Gasteiger partial charge in [-0.3, -0.25) is 24.5 Å². The van der Waals surface area contributed by atoms with Crippen molar-refractivity contribution in [3.05, 3.63) is 82.0 Å². The fourth-order valence-corrected chi connectivity index (χ4v) is 11.9. The molecule has 4 aliphatic rings. The van der Waals surface area contributed by atoms with Gasteiger partial charge in [0.25, 0.3) is 17.4 Å². The van der Waals surface area contributed by atoms with Crippen molar-refractivity contribution in [1.29, 1.82) is 0 Å². The number of carbonyl (C=O) groups excluding carboxylic acids is 5. The topological polar surface area (TPSA) is 235 Å². The van der Waals surface area contributed by atoms with E-state index in [1.807, 2.05) is 71.1 Å². The number of cyclic esters (lactones) is 1. The van der Waals surface area contributed by atoms with Crippen LogP contribution in [0.2, 0.25) is 0 Å². The number of aliphatic hydroxyl groups is 1. The Morgan fingerprint density at radius 2 is 1.49 bits per heavy atom. The highest BCUT2D eigenvalue weighted by Crippen LogP contribution is 2.39. The monoisotopic (exact) mass is 1110 g/mol. The standard InChI is InChI=1S/C60H88N2O17/c1-36-18-14-13-15-19-37(2)49(71-8)34-46-25-21-42(7)60(68,79-46)56(64)57(65)61-29-17-16-20-47(61)58(66)77-51(35-50(72-9)38(3)31-41(6)54(74-11)55(75-12)53(63)40(5)30-36)39(4)32-43-22-28-48(52(33-43)73-10)78-59(67)76-45-26-23-44(24-27-45)62(69)70/h13-15,18-19,23-24,26-27,31,36,38-40,42-43,46-52,54-55,68H,16-17,20-22,25,28-30,32-35H2,1-12H3/b15-13?,18-14+,37-19?,41-31+/t36-,38-,39-,40-,42-,43+,46+,47+,48-,49+,50-,51+,52-,54-,55+,60-/m1/s1. The third-order valence-electron chi connectivity index (χ3n) is 16.6. The summed E-state index contributed by atoms with van der Waals surface area (Å²) in [6.07, 6.45) is 11.1. The van der Waals surface area contributed by atoms with Crippen molar-refractivity contribution < 1.29 is 76.6 Å². The van der Waals surface area contributed by atoms with E-state index < -0.39 is 95.3 Å². The number of rotatable bonds is 11. The Morgan fingerprint density at radius 1 is 0.797 bits per heavy atom. The van der Waals surface area contributed by atoms with Crippen LogP contribution in [0, 0.1) is 45.6 Å². The number of carbonyl (C=O) groups is 5. The van der Waals surface area contributed by atoms with Gasteiger partial charge < -0.3 is 52.6 Å². The first-order chi connectivity index (χ1) is 37.6. The van der Waals surface area contributed by atoms with Crippen LogP contribution in [0.5, 0.6) is 5.75 Å². The lowest BCUT2D eigenvalue weighted by Crippen LogP contribution is -2.61. The SMILES string of the molecule is CO[C@H]1C[C@@H]2CC[C@@H](C)[C@@](O)(O2)C(=O)C(=O)N2CCCC[C@H]2C(=O)O[C@H]([C@H](C)C[C@@H]2CC[C@@H](OC(=O)Oc3ccc([N+](=O)[O-])cc3)[C@H](OC)C2)C[C@@H](OC)[C@H](C)/C=C(\C)[C@@H](OC)[C@@H](OC)C(=O)[C@H](C)C[C@H](C)/C=C/C=CC=C1C. The smallest absolute Gasteiger partial charge is 0.460 e. The molecule has 19 heteroatoms. The van der Waals surface area contributed by atoms with Crippen molar-refractivity contribution in [3.8, 4) is 5.75 Å². The highest BCUT2D eigenvalue weighted by Gasteiger charge is 2.53. The van der Waals surface area contributed by atoms with Gasteiger partial charge in [0.1, 0.15) is 36.2 Å². The normalized spacial score (nSPS) is 35.0. The average molecular weight is 1110 g/mol. The zero-order chi connectivity index (χ0) is 58.1. The van der Waals surface area contributed by atoms with Crippen LogP contribution in [-0.4, -0.2) is 147 Å². The van der Waals surface area contributed by atoms with Gasteiger partial charge in [-0.25, -0.2) is 9.59 Å². The third kappa shape index (κ3) is 17.4. The molecule has 16 atom stereocenters. The van der Waals surface area contributed by atoms with Gasteiger partial charge in [0.2, 0.25) is 5.79 Å². The Bertz CT molecular complexity index is 2330. The molecule has 2 bridgehead atoms. The van der Waals surface area contributed by atoms with Crippen molar-refractivity contribution in [1.82, 2.24) is 4.90 Å².